The summed E-state index contributed by atoms with van der Waals surface area (Å²) >= 11 is 0. The molecule has 12 nitrogen and oxygen atoms in total. The Morgan fingerprint density at radius 1 is 1.18 bits per heavy atom. The van der Waals surface area contributed by atoms with Crippen molar-refractivity contribution in [1.82, 2.24) is 9.88 Å². The molecule has 0 spiro atoms. The largest absolute Gasteiger partial charge is 0.497 e. The summed E-state index contributed by atoms with van der Waals surface area (Å²) in [6, 6.07) is 7.96. The third kappa shape index (κ3) is 6.70. The molecule has 1 unspecified atom stereocenters. The molecule has 3 fully saturated rings. The van der Waals surface area contributed by atoms with Gasteiger partial charge in [-0.2, -0.15) is 16.8 Å². The number of benzene rings is 1. The van der Waals surface area contributed by atoms with Crippen LogP contribution in [0, 0.1) is 11.8 Å². The first-order chi connectivity index (χ1) is 15.9. The van der Waals surface area contributed by atoms with Crippen LogP contribution >= 0.6 is 0 Å². The number of hydrogen-bond donors (Lipinski definition) is 3. The van der Waals surface area contributed by atoms with E-state index in [1.54, 1.807) is 13.3 Å². The van der Waals surface area contributed by atoms with Crippen LogP contribution in [0.1, 0.15) is 24.5 Å². The van der Waals surface area contributed by atoms with Gasteiger partial charge in [-0.05, 0) is 61.1 Å². The van der Waals surface area contributed by atoms with Crippen molar-refractivity contribution >= 4 is 31.7 Å². The average Bonchev–Trinajstić information content (AvgIpc) is 2.81. The molecule has 0 saturated carbocycles. The molecule has 4 heterocycles. The van der Waals surface area contributed by atoms with Gasteiger partial charge in [0.05, 0.1) is 18.7 Å². The first-order valence-electron chi connectivity index (χ1n) is 10.2. The van der Waals surface area contributed by atoms with Gasteiger partial charge in [0.25, 0.3) is 0 Å². The maximum Gasteiger partial charge on any atom is 0.425 e. The van der Waals surface area contributed by atoms with Crippen LogP contribution in [0.4, 0.5) is 0 Å². The van der Waals surface area contributed by atoms with Crippen LogP contribution < -0.4 is 4.74 Å². The molecule has 3 N–H and O–H groups in total. The smallest absolute Gasteiger partial charge is 0.425 e. The molecule has 5 atom stereocenters. The second kappa shape index (κ2) is 10.6. The van der Waals surface area contributed by atoms with Crippen molar-refractivity contribution in [2.24, 2.45) is 11.8 Å². The van der Waals surface area contributed by atoms with Crippen LogP contribution in [-0.2, 0) is 29.5 Å². The Bertz CT molecular complexity index is 1200. The summed E-state index contributed by atoms with van der Waals surface area (Å²) in [6.45, 7) is 6.07. The van der Waals surface area contributed by atoms with E-state index in [9.17, 15) is 21.9 Å². The summed E-state index contributed by atoms with van der Waals surface area (Å²) in [4.78, 5) is 6.86. The highest BCUT2D eigenvalue weighted by Gasteiger charge is 2.42. The first-order valence-corrected chi connectivity index (χ1v) is 12.9. The Morgan fingerprint density at radius 2 is 1.85 bits per heavy atom. The molecule has 34 heavy (non-hydrogen) atoms. The molecule has 0 aliphatic carbocycles. The predicted octanol–water partition coefficient (Wildman–Crippen LogP) is 1.71. The lowest BCUT2D eigenvalue weighted by Crippen LogP contribution is -2.54. The molecule has 3 saturated heterocycles. The zero-order valence-corrected chi connectivity index (χ0v) is 19.9. The van der Waals surface area contributed by atoms with E-state index in [0.29, 0.717) is 11.8 Å². The minimum Gasteiger partial charge on any atom is -0.497 e. The zero-order chi connectivity index (χ0) is 25.1. The number of aromatic nitrogens is 1. The van der Waals surface area contributed by atoms with Crippen LogP contribution in [0.5, 0.6) is 5.75 Å². The molecule has 0 amide bonds. The van der Waals surface area contributed by atoms with E-state index in [-0.39, 0.29) is 6.04 Å². The van der Waals surface area contributed by atoms with Crippen LogP contribution in [0.15, 0.2) is 43.1 Å². The Hall–Kier alpha value is -2.17. The topological polar surface area (TPSA) is 173 Å². The van der Waals surface area contributed by atoms with Gasteiger partial charge in [0, 0.05) is 24.2 Å². The number of aliphatic hydroxyl groups is 1. The molecule has 1 aromatic carbocycles. The lowest BCUT2D eigenvalue weighted by atomic mass is 9.73. The molecule has 3 aliphatic heterocycles. The standard InChI is InChI=1S/C20H24N2O2.H2O8S2/c1-3-13-12-22-9-7-14(13)10-19(22)20(23)16-6-8-21-18-5-4-15(24-2)11-17(16)18;1-9(2,3)7-8-10(4,5)6/h3-6,8,11,13-14,19-20,23H,1,7,9-10,12H2,2H3;(H,1,2,3)(H,4,5,6)/t13-,14-,19-,20+;/m0./s1. The van der Waals surface area contributed by atoms with E-state index in [2.05, 4.69) is 31.2 Å². The van der Waals surface area contributed by atoms with E-state index < -0.39 is 26.9 Å². The number of fused-ring (bicyclic) bond motifs is 4. The third-order valence-corrected chi connectivity index (χ3v) is 6.59. The summed E-state index contributed by atoms with van der Waals surface area (Å²) in [5.41, 5.74) is 1.85. The lowest BCUT2D eigenvalue weighted by Gasteiger charge is -2.50. The maximum absolute atomic E-state index is 11.2. The van der Waals surface area contributed by atoms with Crippen molar-refractivity contribution in [1.29, 1.82) is 0 Å². The molecular formula is C20H26N2O10S2. The minimum absolute atomic E-state index is 0.178. The van der Waals surface area contributed by atoms with Crippen molar-refractivity contribution in [3.8, 4) is 5.75 Å². The van der Waals surface area contributed by atoms with Crippen LogP contribution in [0.3, 0.4) is 0 Å². The number of methoxy groups -OCH3 is 1. The van der Waals surface area contributed by atoms with Gasteiger partial charge in [0.15, 0.2) is 0 Å². The summed E-state index contributed by atoms with van der Waals surface area (Å²) in [5, 5.41) is 12.1. The fraction of sp³-hybridized carbons (Fsp3) is 0.450. The van der Waals surface area contributed by atoms with Gasteiger partial charge in [-0.1, -0.05) is 14.7 Å². The van der Waals surface area contributed by atoms with Gasteiger partial charge in [-0.15, -0.1) is 6.58 Å². The number of piperidine rings is 3. The highest BCUT2D eigenvalue weighted by atomic mass is 32.3. The Labute approximate surface area is 197 Å². The number of ether oxygens (including phenoxy) is 1. The van der Waals surface area contributed by atoms with E-state index in [1.165, 1.54) is 6.42 Å². The molecule has 2 aromatic rings. The van der Waals surface area contributed by atoms with E-state index in [0.717, 1.165) is 41.7 Å². The van der Waals surface area contributed by atoms with Gasteiger partial charge in [-0.3, -0.25) is 19.0 Å². The predicted molar refractivity (Wildman–Crippen MR) is 120 cm³/mol. The highest BCUT2D eigenvalue weighted by molar-refractivity contribution is 7.83. The molecule has 188 valence electrons. The molecule has 0 radical (unpaired) electrons. The van der Waals surface area contributed by atoms with Crippen molar-refractivity contribution < 1.29 is 44.5 Å². The quantitative estimate of drug-likeness (QED) is 0.210. The zero-order valence-electron chi connectivity index (χ0n) is 18.2. The van der Waals surface area contributed by atoms with Crippen LogP contribution in [0.2, 0.25) is 0 Å². The molecule has 5 rings (SSSR count). The maximum atomic E-state index is 11.2. The monoisotopic (exact) mass is 518 g/mol. The first kappa shape index (κ1) is 26.4. The third-order valence-electron chi connectivity index (χ3n) is 6.02. The van der Waals surface area contributed by atoms with Gasteiger partial charge >= 0.3 is 20.8 Å². The molecule has 14 heteroatoms. The second-order valence-corrected chi connectivity index (χ2v) is 9.95. The summed E-state index contributed by atoms with van der Waals surface area (Å²) in [7, 11) is -8.38. The summed E-state index contributed by atoms with van der Waals surface area (Å²) < 4.78 is 64.2. The van der Waals surface area contributed by atoms with Gasteiger partial charge in [0.1, 0.15) is 5.75 Å². The number of pyridine rings is 1. The normalized spacial score (nSPS) is 25.3. The number of aliphatic hydroxyl groups excluding tert-OH is 1. The number of nitrogens with zero attached hydrogens (tertiary/aromatic N) is 2. The fourth-order valence-corrected chi connectivity index (χ4v) is 5.08. The molecule has 3 aliphatic rings. The second-order valence-electron chi connectivity index (χ2n) is 7.97. The lowest BCUT2D eigenvalue weighted by molar-refractivity contribution is -0.105. The van der Waals surface area contributed by atoms with E-state index >= 15 is 0 Å². The van der Waals surface area contributed by atoms with Crippen molar-refractivity contribution in [2.45, 2.75) is 25.0 Å². The van der Waals surface area contributed by atoms with Gasteiger partial charge in [-0.25, -0.2) is 0 Å². The minimum atomic E-state index is -5.02. The van der Waals surface area contributed by atoms with Crippen LogP contribution in [0.25, 0.3) is 10.9 Å². The Balaban J connectivity index is 0.000000277. The fourth-order valence-electron chi connectivity index (χ4n) is 4.51. The van der Waals surface area contributed by atoms with Crippen molar-refractivity contribution in [3.05, 3.63) is 48.7 Å². The number of rotatable bonds is 7. The summed E-state index contributed by atoms with van der Waals surface area (Å²) in [5.74, 6) is 2.01. The SMILES string of the molecule is C=C[C@H]1CN2CC[C@H]1C[C@H]2[C@H](O)c1ccnc2ccc(OC)cc12.O=S(=O)(O)OOS(=O)(=O)O. The van der Waals surface area contributed by atoms with E-state index in [1.807, 2.05) is 24.3 Å². The Morgan fingerprint density at radius 3 is 2.38 bits per heavy atom. The summed E-state index contributed by atoms with van der Waals surface area (Å²) in [6.07, 6.45) is 5.62. The number of hydrogen-bond acceptors (Lipinski definition) is 10. The van der Waals surface area contributed by atoms with Crippen LogP contribution in [-0.4, -0.2) is 67.2 Å². The van der Waals surface area contributed by atoms with E-state index in [4.69, 9.17) is 13.8 Å². The highest BCUT2D eigenvalue weighted by Crippen LogP contribution is 2.42. The molecular weight excluding hydrogens is 492 g/mol. The molecule has 2 bridgehead atoms. The average molecular weight is 519 g/mol. The van der Waals surface area contributed by atoms with Crippen molar-refractivity contribution in [2.75, 3.05) is 20.2 Å². The van der Waals surface area contributed by atoms with Gasteiger partial charge in [0.2, 0.25) is 0 Å². The Kier molecular flexibility index (Phi) is 8.26. The molecule has 1 aromatic heterocycles. The van der Waals surface area contributed by atoms with Crippen molar-refractivity contribution in [3.63, 3.8) is 0 Å². The van der Waals surface area contributed by atoms with Gasteiger partial charge < -0.3 is 9.84 Å².